The minimum absolute atomic E-state index is 0.161. The number of benzene rings is 2. The maximum absolute atomic E-state index is 12.9. The molecule has 4 aromatic rings. The molecule has 0 radical (unpaired) electrons. The van der Waals surface area contributed by atoms with Gasteiger partial charge in [0.05, 0.1) is 17.6 Å². The molecule has 0 saturated heterocycles. The molecule has 0 saturated carbocycles. The van der Waals surface area contributed by atoms with E-state index in [2.05, 4.69) is 10.3 Å². The lowest BCUT2D eigenvalue weighted by molar-refractivity contribution is -0.116. The zero-order chi connectivity index (χ0) is 21.1. The summed E-state index contributed by atoms with van der Waals surface area (Å²) in [6.07, 6.45) is 2.16. The third-order valence-corrected chi connectivity index (χ3v) is 5.00. The number of hydrogen-bond acceptors (Lipinski definition) is 4. The van der Waals surface area contributed by atoms with Gasteiger partial charge in [0.1, 0.15) is 5.69 Å². The first-order valence-corrected chi connectivity index (χ1v) is 9.68. The second-order valence-electron chi connectivity index (χ2n) is 6.97. The normalized spacial score (nSPS) is 10.9. The zero-order valence-electron chi connectivity index (χ0n) is 16.8. The molecular formula is C23H22N4O3. The van der Waals surface area contributed by atoms with Gasteiger partial charge in [-0.3, -0.25) is 14.3 Å². The van der Waals surface area contributed by atoms with Crippen LogP contribution in [0.1, 0.15) is 18.0 Å². The van der Waals surface area contributed by atoms with Crippen molar-refractivity contribution in [3.8, 4) is 17.0 Å². The number of oxazole rings is 1. The fraction of sp³-hybridized carbons (Fsp3) is 0.174. The van der Waals surface area contributed by atoms with Crippen molar-refractivity contribution in [1.82, 2.24) is 14.3 Å². The number of para-hydroxylation sites is 1. The smallest absolute Gasteiger partial charge is 0.295 e. The highest BCUT2D eigenvalue weighted by Gasteiger charge is 2.18. The Hall–Kier alpha value is -3.87. The number of carbonyl (C=O) groups is 1. The summed E-state index contributed by atoms with van der Waals surface area (Å²) in [6, 6.07) is 19.0. The molecule has 0 atom stereocenters. The zero-order valence-corrected chi connectivity index (χ0v) is 16.8. The van der Waals surface area contributed by atoms with E-state index in [9.17, 15) is 9.59 Å². The molecule has 7 nitrogen and oxygen atoms in total. The van der Waals surface area contributed by atoms with Crippen LogP contribution in [0.2, 0.25) is 0 Å². The van der Waals surface area contributed by atoms with E-state index in [-0.39, 0.29) is 23.6 Å². The second kappa shape index (κ2) is 8.24. The third kappa shape index (κ3) is 3.82. The molecule has 7 heteroatoms. The van der Waals surface area contributed by atoms with Gasteiger partial charge < -0.3 is 9.73 Å². The van der Waals surface area contributed by atoms with Gasteiger partial charge in [0.25, 0.3) is 5.56 Å². The topological polar surface area (TPSA) is 82.1 Å². The molecule has 2 heterocycles. The van der Waals surface area contributed by atoms with Gasteiger partial charge >= 0.3 is 0 Å². The van der Waals surface area contributed by atoms with Crippen molar-refractivity contribution in [2.24, 2.45) is 7.05 Å². The van der Waals surface area contributed by atoms with Crippen LogP contribution < -0.4 is 10.9 Å². The van der Waals surface area contributed by atoms with Crippen LogP contribution >= 0.6 is 0 Å². The van der Waals surface area contributed by atoms with Crippen LogP contribution in [0, 0.1) is 6.92 Å². The van der Waals surface area contributed by atoms with E-state index in [0.717, 1.165) is 11.3 Å². The van der Waals surface area contributed by atoms with Crippen molar-refractivity contribution in [2.75, 3.05) is 5.32 Å². The number of carbonyl (C=O) groups excluding carboxylic acids is 1. The molecule has 152 valence electrons. The van der Waals surface area contributed by atoms with Crippen LogP contribution in [0.4, 0.5) is 5.69 Å². The number of aromatic nitrogens is 3. The molecule has 0 fully saturated rings. The Bertz CT molecular complexity index is 1220. The first-order valence-electron chi connectivity index (χ1n) is 9.68. The molecule has 0 aliphatic heterocycles. The molecule has 0 spiro atoms. The highest BCUT2D eigenvalue weighted by Crippen LogP contribution is 2.20. The minimum Gasteiger partial charge on any atom is -0.441 e. The highest BCUT2D eigenvalue weighted by molar-refractivity contribution is 5.91. The molecule has 0 aliphatic rings. The van der Waals surface area contributed by atoms with E-state index in [0.29, 0.717) is 23.8 Å². The van der Waals surface area contributed by atoms with Crippen LogP contribution in [0.3, 0.4) is 0 Å². The first kappa shape index (κ1) is 19.4. The van der Waals surface area contributed by atoms with E-state index >= 15 is 0 Å². The van der Waals surface area contributed by atoms with Crippen molar-refractivity contribution in [1.29, 1.82) is 0 Å². The van der Waals surface area contributed by atoms with E-state index < -0.39 is 0 Å². The number of amides is 1. The standard InChI is InChI=1S/C23H22N4O3/c1-16-22(23(29)27(26(16)2)18-11-7-4-8-12-18)25-20(28)13-14-21-24-15-19(30-21)17-9-5-3-6-10-17/h3-12,15H,13-14H2,1-2H3,(H,25,28). The SMILES string of the molecule is Cc1c(NC(=O)CCc2ncc(-c3ccccc3)o2)c(=O)n(-c2ccccc2)n1C. The molecule has 4 rings (SSSR count). The maximum Gasteiger partial charge on any atom is 0.295 e. The van der Waals surface area contributed by atoms with E-state index in [4.69, 9.17) is 4.42 Å². The minimum atomic E-state index is -0.267. The summed E-state index contributed by atoms with van der Waals surface area (Å²) in [4.78, 5) is 29.6. The van der Waals surface area contributed by atoms with Crippen molar-refractivity contribution < 1.29 is 9.21 Å². The Morgan fingerprint density at radius 3 is 2.43 bits per heavy atom. The highest BCUT2D eigenvalue weighted by atomic mass is 16.4. The lowest BCUT2D eigenvalue weighted by Crippen LogP contribution is -2.23. The van der Waals surface area contributed by atoms with Gasteiger partial charge in [0, 0.05) is 25.5 Å². The lowest BCUT2D eigenvalue weighted by Gasteiger charge is -2.07. The molecule has 1 amide bonds. The molecule has 0 unspecified atom stereocenters. The van der Waals surface area contributed by atoms with Gasteiger partial charge in [-0.25, -0.2) is 9.67 Å². The van der Waals surface area contributed by atoms with Gasteiger partial charge in [0.15, 0.2) is 11.7 Å². The van der Waals surface area contributed by atoms with E-state index in [1.807, 2.05) is 60.7 Å². The van der Waals surface area contributed by atoms with E-state index in [1.54, 1.807) is 24.9 Å². The summed E-state index contributed by atoms with van der Waals surface area (Å²) in [6.45, 7) is 1.80. The number of hydrogen-bond donors (Lipinski definition) is 1. The second-order valence-corrected chi connectivity index (χ2v) is 6.97. The predicted molar refractivity (Wildman–Crippen MR) is 115 cm³/mol. The van der Waals surface area contributed by atoms with Crippen LogP contribution in [0.25, 0.3) is 17.0 Å². The quantitative estimate of drug-likeness (QED) is 0.533. The van der Waals surface area contributed by atoms with Crippen LogP contribution in [0.5, 0.6) is 0 Å². The number of rotatable bonds is 6. The largest absolute Gasteiger partial charge is 0.441 e. The van der Waals surface area contributed by atoms with Crippen molar-refractivity contribution >= 4 is 11.6 Å². The Morgan fingerprint density at radius 1 is 1.07 bits per heavy atom. The average molecular weight is 402 g/mol. The number of aryl methyl sites for hydroxylation is 1. The molecule has 2 aromatic carbocycles. The maximum atomic E-state index is 12.9. The molecule has 30 heavy (non-hydrogen) atoms. The fourth-order valence-electron chi connectivity index (χ4n) is 3.30. The number of anilines is 1. The summed E-state index contributed by atoms with van der Waals surface area (Å²) in [5, 5.41) is 2.76. The predicted octanol–water partition coefficient (Wildman–Crippen LogP) is 3.71. The summed E-state index contributed by atoms with van der Waals surface area (Å²) >= 11 is 0. The van der Waals surface area contributed by atoms with Crippen molar-refractivity contribution in [3.05, 3.63) is 88.8 Å². The van der Waals surface area contributed by atoms with Gasteiger partial charge in [-0.2, -0.15) is 0 Å². The van der Waals surface area contributed by atoms with Crippen LogP contribution in [-0.4, -0.2) is 20.3 Å². The van der Waals surface area contributed by atoms with Crippen molar-refractivity contribution in [3.63, 3.8) is 0 Å². The summed E-state index contributed by atoms with van der Waals surface area (Å²) in [7, 11) is 1.79. The van der Waals surface area contributed by atoms with Crippen LogP contribution in [0.15, 0.2) is 76.1 Å². The summed E-state index contributed by atoms with van der Waals surface area (Å²) < 4.78 is 9.00. The average Bonchev–Trinajstić information content (AvgIpc) is 3.33. The fourth-order valence-corrected chi connectivity index (χ4v) is 3.30. The van der Waals surface area contributed by atoms with Crippen molar-refractivity contribution in [2.45, 2.75) is 19.8 Å². The lowest BCUT2D eigenvalue weighted by atomic mass is 10.2. The van der Waals surface area contributed by atoms with Gasteiger partial charge in [-0.15, -0.1) is 0 Å². The van der Waals surface area contributed by atoms with Crippen LogP contribution in [-0.2, 0) is 18.3 Å². The Balaban J connectivity index is 1.45. The van der Waals surface area contributed by atoms with Gasteiger partial charge in [0.2, 0.25) is 5.91 Å². The Morgan fingerprint density at radius 2 is 1.73 bits per heavy atom. The van der Waals surface area contributed by atoms with Gasteiger partial charge in [-0.1, -0.05) is 48.5 Å². The van der Waals surface area contributed by atoms with E-state index in [1.165, 1.54) is 4.68 Å². The Labute approximate surface area is 173 Å². The molecule has 2 aromatic heterocycles. The number of nitrogens with one attached hydrogen (secondary N) is 1. The van der Waals surface area contributed by atoms with Gasteiger partial charge in [-0.05, 0) is 19.1 Å². The number of nitrogens with zero attached hydrogens (tertiary/aromatic N) is 3. The molecule has 1 N–H and O–H groups in total. The molecular weight excluding hydrogens is 380 g/mol. The molecule has 0 bridgehead atoms. The third-order valence-electron chi connectivity index (χ3n) is 5.00. The summed E-state index contributed by atoms with van der Waals surface area (Å²) in [5.74, 6) is 0.881. The molecule has 0 aliphatic carbocycles. The monoisotopic (exact) mass is 402 g/mol. The summed E-state index contributed by atoms with van der Waals surface area (Å²) in [5.41, 5.74) is 2.37. The first-order chi connectivity index (χ1) is 14.5. The Kier molecular flexibility index (Phi) is 5.34.